The molecule has 3 fully saturated rings. The smallest absolute Gasteiger partial charge is 0.136 e. The maximum absolute atomic E-state index is 5.88. The summed E-state index contributed by atoms with van der Waals surface area (Å²) in [5, 5.41) is 0. The minimum Gasteiger partial charge on any atom is -0.491 e. The molecule has 2 saturated heterocycles. The molecule has 17 heavy (non-hydrogen) atoms. The summed E-state index contributed by atoms with van der Waals surface area (Å²) in [6, 6.07) is 3.95. The van der Waals surface area contributed by atoms with E-state index in [4.69, 9.17) is 9.47 Å². The summed E-state index contributed by atoms with van der Waals surface area (Å²) < 4.78 is 13.4. The van der Waals surface area contributed by atoms with Gasteiger partial charge in [0.1, 0.15) is 11.4 Å². The second-order valence-electron chi connectivity index (χ2n) is 5.19. The molecule has 5 rings (SSSR count). The molecule has 0 spiro atoms. The molecule has 4 heteroatoms. The number of imidazole rings is 1. The number of hydrogen-bond acceptors (Lipinski definition) is 3. The van der Waals surface area contributed by atoms with Gasteiger partial charge in [-0.05, 0) is 25.0 Å². The van der Waals surface area contributed by atoms with Crippen LogP contribution in [-0.4, -0.2) is 28.7 Å². The fourth-order valence-corrected chi connectivity index (χ4v) is 2.82. The van der Waals surface area contributed by atoms with Gasteiger partial charge in [-0.25, -0.2) is 4.98 Å². The average Bonchev–Trinajstić information content (AvgIpc) is 3.00. The Hall–Kier alpha value is -1.55. The molecule has 2 bridgehead atoms. The number of fused-ring (bicyclic) bond motifs is 2. The highest BCUT2D eigenvalue weighted by Gasteiger charge is 2.52. The third-order valence-electron chi connectivity index (χ3n) is 3.85. The maximum atomic E-state index is 5.88. The summed E-state index contributed by atoms with van der Waals surface area (Å²) in [5.41, 5.74) is 1.25. The van der Waals surface area contributed by atoms with Gasteiger partial charge >= 0.3 is 0 Å². The first-order chi connectivity index (χ1) is 8.33. The second kappa shape index (κ2) is 3.23. The standard InChI is InChI=1S/C13H14N2O2/c1-2-12-14-3-4-15(12)7-10(1)16-8-13-5-11(6-13)17-9-13/h1-4,7,11H,5-6,8-9H2. The van der Waals surface area contributed by atoms with E-state index in [-0.39, 0.29) is 0 Å². The van der Waals surface area contributed by atoms with Gasteiger partial charge < -0.3 is 13.9 Å². The normalized spacial score (nSPS) is 30.5. The van der Waals surface area contributed by atoms with Crippen molar-refractivity contribution in [2.75, 3.05) is 13.2 Å². The summed E-state index contributed by atoms with van der Waals surface area (Å²) in [5.74, 6) is 0.903. The van der Waals surface area contributed by atoms with Gasteiger partial charge in [0, 0.05) is 17.8 Å². The van der Waals surface area contributed by atoms with Crippen LogP contribution in [0.5, 0.6) is 5.75 Å². The van der Waals surface area contributed by atoms with Crippen LogP contribution in [0, 0.1) is 5.41 Å². The Bertz CT molecular complexity index is 552. The Balaban J connectivity index is 1.51. The van der Waals surface area contributed by atoms with Crippen LogP contribution >= 0.6 is 0 Å². The lowest BCUT2D eigenvalue weighted by molar-refractivity contribution is 0.0820. The zero-order chi connectivity index (χ0) is 11.3. The highest BCUT2D eigenvalue weighted by Crippen LogP contribution is 2.50. The van der Waals surface area contributed by atoms with Crippen LogP contribution in [0.1, 0.15) is 12.8 Å². The van der Waals surface area contributed by atoms with E-state index >= 15 is 0 Å². The highest BCUT2D eigenvalue weighted by atomic mass is 16.5. The van der Waals surface area contributed by atoms with Crippen LogP contribution in [0.2, 0.25) is 0 Å². The average molecular weight is 230 g/mol. The Morgan fingerprint density at radius 3 is 3.24 bits per heavy atom. The first kappa shape index (κ1) is 9.48. The molecular formula is C13H14N2O2. The summed E-state index contributed by atoms with van der Waals surface area (Å²) in [6.45, 7) is 1.63. The Kier molecular flexibility index (Phi) is 1.80. The lowest BCUT2D eigenvalue weighted by Crippen LogP contribution is -2.38. The van der Waals surface area contributed by atoms with Gasteiger partial charge in [0.05, 0.1) is 25.5 Å². The molecule has 4 nitrogen and oxygen atoms in total. The lowest BCUT2D eigenvalue weighted by atomic mass is 9.71. The molecule has 0 unspecified atom stereocenters. The largest absolute Gasteiger partial charge is 0.491 e. The number of hydrogen-bond donors (Lipinski definition) is 0. The van der Waals surface area contributed by atoms with Crippen LogP contribution < -0.4 is 4.74 Å². The zero-order valence-corrected chi connectivity index (χ0v) is 9.50. The predicted molar refractivity (Wildman–Crippen MR) is 62.1 cm³/mol. The summed E-state index contributed by atoms with van der Waals surface area (Å²) in [6.07, 6.45) is 8.54. The molecule has 1 saturated carbocycles. The van der Waals surface area contributed by atoms with E-state index < -0.39 is 0 Å². The number of ether oxygens (including phenoxy) is 2. The molecule has 2 aromatic rings. The van der Waals surface area contributed by atoms with Gasteiger partial charge in [-0.15, -0.1) is 0 Å². The molecule has 0 amide bonds. The fraction of sp³-hybridized carbons (Fsp3) is 0.462. The van der Waals surface area contributed by atoms with Gasteiger partial charge in [-0.3, -0.25) is 0 Å². The van der Waals surface area contributed by atoms with Crippen molar-refractivity contribution < 1.29 is 9.47 Å². The molecule has 0 atom stereocenters. The van der Waals surface area contributed by atoms with Crippen molar-refractivity contribution in [3.63, 3.8) is 0 Å². The van der Waals surface area contributed by atoms with Crippen LogP contribution in [0.25, 0.3) is 5.65 Å². The first-order valence-electron chi connectivity index (χ1n) is 6.00. The minimum absolute atomic E-state index is 0.300. The zero-order valence-electron chi connectivity index (χ0n) is 9.50. The summed E-state index contributed by atoms with van der Waals surface area (Å²) >= 11 is 0. The lowest BCUT2D eigenvalue weighted by Gasteiger charge is -2.34. The number of rotatable bonds is 3. The van der Waals surface area contributed by atoms with E-state index in [1.54, 1.807) is 6.20 Å². The summed E-state index contributed by atoms with van der Waals surface area (Å²) in [7, 11) is 0. The molecule has 2 aromatic heterocycles. The fourth-order valence-electron chi connectivity index (χ4n) is 2.82. The van der Waals surface area contributed by atoms with E-state index in [9.17, 15) is 0 Å². The third kappa shape index (κ3) is 1.44. The van der Waals surface area contributed by atoms with Crippen LogP contribution in [-0.2, 0) is 4.74 Å². The molecule has 2 aliphatic heterocycles. The highest BCUT2D eigenvalue weighted by molar-refractivity contribution is 5.41. The topological polar surface area (TPSA) is 35.8 Å². The van der Waals surface area contributed by atoms with Crippen molar-refractivity contribution in [3.05, 3.63) is 30.7 Å². The van der Waals surface area contributed by atoms with E-state index in [1.807, 2.05) is 28.9 Å². The molecule has 0 N–H and O–H groups in total. The van der Waals surface area contributed by atoms with Gasteiger partial charge in [-0.1, -0.05) is 0 Å². The SMILES string of the molecule is c1cn2cc(OCC34COC(C3)C4)ccc2n1. The minimum atomic E-state index is 0.300. The quantitative estimate of drug-likeness (QED) is 0.807. The van der Waals surface area contributed by atoms with Crippen molar-refractivity contribution in [1.82, 2.24) is 9.38 Å². The van der Waals surface area contributed by atoms with Crippen molar-refractivity contribution in [3.8, 4) is 5.75 Å². The van der Waals surface area contributed by atoms with E-state index in [1.165, 1.54) is 12.8 Å². The molecule has 1 aliphatic carbocycles. The van der Waals surface area contributed by atoms with E-state index in [0.717, 1.165) is 24.6 Å². The maximum Gasteiger partial charge on any atom is 0.136 e. The molecule has 3 aliphatic rings. The predicted octanol–water partition coefficient (Wildman–Crippen LogP) is 1.89. The van der Waals surface area contributed by atoms with Gasteiger partial charge in [-0.2, -0.15) is 0 Å². The molecule has 0 radical (unpaired) electrons. The molecule has 0 aromatic carbocycles. The second-order valence-corrected chi connectivity index (χ2v) is 5.19. The molecular weight excluding hydrogens is 216 g/mol. The Labute approximate surface area is 99.2 Å². The van der Waals surface area contributed by atoms with Gasteiger partial charge in [0.25, 0.3) is 0 Å². The monoisotopic (exact) mass is 230 g/mol. The Morgan fingerprint density at radius 2 is 2.41 bits per heavy atom. The third-order valence-corrected chi connectivity index (χ3v) is 3.85. The summed E-state index contributed by atoms with van der Waals surface area (Å²) in [4.78, 5) is 4.21. The van der Waals surface area contributed by atoms with Crippen LogP contribution in [0.15, 0.2) is 30.7 Å². The van der Waals surface area contributed by atoms with E-state index in [0.29, 0.717) is 11.5 Å². The Morgan fingerprint density at radius 1 is 1.47 bits per heavy atom. The van der Waals surface area contributed by atoms with Crippen LogP contribution in [0.3, 0.4) is 0 Å². The van der Waals surface area contributed by atoms with Crippen molar-refractivity contribution in [1.29, 1.82) is 0 Å². The first-order valence-corrected chi connectivity index (χ1v) is 6.00. The molecule has 4 heterocycles. The van der Waals surface area contributed by atoms with Crippen molar-refractivity contribution in [2.24, 2.45) is 5.41 Å². The van der Waals surface area contributed by atoms with Crippen molar-refractivity contribution in [2.45, 2.75) is 18.9 Å². The van der Waals surface area contributed by atoms with E-state index in [2.05, 4.69) is 4.98 Å². The van der Waals surface area contributed by atoms with Gasteiger partial charge in [0.15, 0.2) is 0 Å². The number of nitrogens with zero attached hydrogens (tertiary/aromatic N) is 2. The van der Waals surface area contributed by atoms with Crippen LogP contribution in [0.4, 0.5) is 0 Å². The number of aromatic nitrogens is 2. The van der Waals surface area contributed by atoms with Gasteiger partial charge in [0.2, 0.25) is 0 Å². The molecule has 88 valence electrons. The van der Waals surface area contributed by atoms with Crippen molar-refractivity contribution >= 4 is 5.65 Å². The number of pyridine rings is 1.